The Labute approximate surface area is 671 Å². The van der Waals surface area contributed by atoms with E-state index in [9.17, 15) is 4.79 Å². The molecular weight excluding hydrogens is 1380 g/mol. The van der Waals surface area contributed by atoms with Crippen LogP contribution in [0.25, 0.3) is 0 Å². The molecule has 2 N–H and O–H groups in total. The van der Waals surface area contributed by atoms with E-state index in [2.05, 4.69) is 90.0 Å². The topological polar surface area (TPSA) is 135 Å². The van der Waals surface area contributed by atoms with E-state index in [0.29, 0.717) is 19.4 Å². The molecule has 2 saturated heterocycles. The first kappa shape index (κ1) is 90.3. The van der Waals surface area contributed by atoms with Crippen LogP contribution in [0.1, 0.15) is 298 Å². The van der Waals surface area contributed by atoms with Gasteiger partial charge in [-0.05, 0) is 59.1 Å². The van der Waals surface area contributed by atoms with E-state index in [4.69, 9.17) is 37.9 Å². The number of benzene rings is 6. The molecule has 2 aliphatic heterocycles. The summed E-state index contributed by atoms with van der Waals surface area (Å²) in [5.41, 5.74) is 6.21. The Morgan fingerprint density at radius 2 is 0.748 bits per heavy atom. The SMILES string of the molecule is CCCCCCCCCCCCCCCCCCCCCCCCCC(=O)N[C@@H](CO[C@H]1O[C@H](COC(=O)NC2CCN(Cc3ccccc3)CC2)[C@H](OCc2ccccc2)[C@H](OCc2ccccc2)[C@H]1OCc1ccccc1)[C@H](OCc1ccccc1)[C@@H](CCCCCCCCCCCCCC)OCc1ccccc1. The molecule has 0 aromatic heterocycles. The van der Waals surface area contributed by atoms with Crippen LogP contribution in [0.2, 0.25) is 0 Å². The minimum atomic E-state index is -1.13. The van der Waals surface area contributed by atoms with Gasteiger partial charge in [0.25, 0.3) is 0 Å². The van der Waals surface area contributed by atoms with Crippen LogP contribution in [-0.2, 0) is 82.3 Å². The molecule has 13 heteroatoms. The minimum absolute atomic E-state index is 0.0396. The highest BCUT2D eigenvalue weighted by Crippen LogP contribution is 2.33. The summed E-state index contributed by atoms with van der Waals surface area (Å²) in [6.07, 6.45) is 41.5. The number of unbranched alkanes of at least 4 members (excludes halogenated alkanes) is 33. The van der Waals surface area contributed by atoms with Gasteiger partial charge in [-0.1, -0.05) is 414 Å². The lowest BCUT2D eigenvalue weighted by atomic mass is 9.97. The summed E-state index contributed by atoms with van der Waals surface area (Å²) >= 11 is 0. The van der Waals surface area contributed by atoms with Crippen molar-refractivity contribution in [3.05, 3.63) is 215 Å². The van der Waals surface area contributed by atoms with Gasteiger partial charge in [0, 0.05) is 32.1 Å². The second-order valence-corrected chi connectivity index (χ2v) is 31.9. The molecule has 0 bridgehead atoms. The number of rotatable bonds is 63. The molecule has 13 nitrogen and oxygen atoms in total. The van der Waals surface area contributed by atoms with Crippen molar-refractivity contribution in [2.45, 2.75) is 359 Å². The monoisotopic (exact) mass is 1520 g/mol. The molecule has 2 heterocycles. The summed E-state index contributed by atoms with van der Waals surface area (Å²) in [5.74, 6) is -0.0633. The third kappa shape index (κ3) is 39.1. The number of ether oxygens (including phenoxy) is 8. The van der Waals surface area contributed by atoms with Crippen molar-refractivity contribution < 1.29 is 47.5 Å². The lowest BCUT2D eigenvalue weighted by Gasteiger charge is -2.46. The Kier molecular flexibility index (Phi) is 47.6. The molecule has 0 radical (unpaired) electrons. The van der Waals surface area contributed by atoms with Crippen molar-refractivity contribution in [2.75, 3.05) is 26.3 Å². The van der Waals surface area contributed by atoms with Gasteiger partial charge in [-0.2, -0.15) is 0 Å². The fraction of sp³-hybridized carbons (Fsp3) is 0.612. The van der Waals surface area contributed by atoms with Gasteiger partial charge in [0.2, 0.25) is 5.91 Å². The maximum atomic E-state index is 15.0. The predicted octanol–water partition coefficient (Wildman–Crippen LogP) is 24.0. The van der Waals surface area contributed by atoms with E-state index < -0.39 is 55.0 Å². The molecule has 8 atom stereocenters. The maximum absolute atomic E-state index is 15.0. The van der Waals surface area contributed by atoms with Gasteiger partial charge in [-0.3, -0.25) is 9.69 Å². The van der Waals surface area contributed by atoms with E-state index in [-0.39, 0.29) is 51.6 Å². The highest BCUT2D eigenvalue weighted by Gasteiger charge is 2.50. The Morgan fingerprint density at radius 1 is 0.396 bits per heavy atom. The molecule has 2 fully saturated rings. The van der Waals surface area contributed by atoms with Crippen LogP contribution < -0.4 is 10.6 Å². The van der Waals surface area contributed by atoms with Crippen molar-refractivity contribution in [3.63, 3.8) is 0 Å². The van der Waals surface area contributed by atoms with Crippen LogP contribution in [0.5, 0.6) is 0 Å². The predicted molar refractivity (Wildman–Crippen MR) is 453 cm³/mol. The third-order valence-corrected chi connectivity index (χ3v) is 22.5. The molecule has 0 spiro atoms. The van der Waals surface area contributed by atoms with Gasteiger partial charge in [-0.25, -0.2) is 4.79 Å². The molecule has 6 aromatic rings. The standard InChI is InChI=1S/C98H145N3O10/c1-3-5-7-9-11-13-15-17-18-19-20-21-22-23-24-25-26-27-29-31-33-35-55-69-92(102)100-89(93(105-76-84-60-46-38-47-61-84)90(104-75-83-58-44-37-45-59-83)68-54-34-32-30-28-16-14-12-10-8-6-4-2)80-109-97-96(108-79-87-66-52-41-53-67-87)95(107-78-86-64-50-40-51-65-86)94(106-77-85-62-48-39-49-63-85)91(111-97)81-110-98(103)99-88-70-72-101(73-71-88)74-82-56-42-36-43-57-82/h36-53,56-67,88-91,93-97H,3-35,54-55,68-81H2,1-2H3,(H,99,103)(H,100,102)/t89-,90+,91+,93-,94-,95-,96+,97-/m0/s1. The number of piperidine rings is 1. The first-order valence-electron chi connectivity index (χ1n) is 44.4. The molecule has 111 heavy (non-hydrogen) atoms. The normalized spacial score (nSPS) is 17.7. The summed E-state index contributed by atoms with van der Waals surface area (Å²) in [4.78, 5) is 31.7. The number of nitrogens with one attached hydrogen (secondary N) is 2. The Bertz CT molecular complexity index is 3180. The lowest BCUT2D eigenvalue weighted by Crippen LogP contribution is -2.63. The summed E-state index contributed by atoms with van der Waals surface area (Å²) in [7, 11) is 0. The van der Waals surface area contributed by atoms with Gasteiger partial charge in [0.05, 0.1) is 51.8 Å². The Morgan fingerprint density at radius 3 is 1.16 bits per heavy atom. The van der Waals surface area contributed by atoms with Gasteiger partial charge >= 0.3 is 6.09 Å². The Balaban J connectivity index is 1.00. The van der Waals surface area contributed by atoms with Gasteiger partial charge in [-0.15, -0.1) is 0 Å². The van der Waals surface area contributed by atoms with Crippen LogP contribution >= 0.6 is 0 Å². The third-order valence-electron chi connectivity index (χ3n) is 22.5. The van der Waals surface area contributed by atoms with Crippen molar-refractivity contribution in [2.24, 2.45) is 0 Å². The zero-order valence-electron chi connectivity index (χ0n) is 68.7. The summed E-state index contributed by atoms with van der Waals surface area (Å²) in [6, 6.07) is 60.6. The molecular formula is C98H145N3O10. The number of nitrogens with zero attached hydrogens (tertiary/aromatic N) is 1. The summed E-state index contributed by atoms with van der Waals surface area (Å²) in [6.45, 7) is 8.23. The number of hydrogen-bond donors (Lipinski definition) is 2. The van der Waals surface area contributed by atoms with Crippen LogP contribution in [0.4, 0.5) is 4.79 Å². The number of likely N-dealkylation sites (tertiary alicyclic amines) is 1. The highest BCUT2D eigenvalue weighted by molar-refractivity contribution is 5.76. The highest BCUT2D eigenvalue weighted by atomic mass is 16.7. The first-order valence-corrected chi connectivity index (χ1v) is 44.4. The van der Waals surface area contributed by atoms with Crippen LogP contribution in [0.15, 0.2) is 182 Å². The molecule has 612 valence electrons. The maximum Gasteiger partial charge on any atom is 0.407 e. The second kappa shape index (κ2) is 58.6. The average molecular weight is 1530 g/mol. The van der Waals surface area contributed by atoms with E-state index >= 15 is 4.79 Å². The van der Waals surface area contributed by atoms with E-state index in [0.717, 1.165) is 98.8 Å². The smallest absolute Gasteiger partial charge is 0.407 e. The average Bonchev–Trinajstić information content (AvgIpc) is 0.784. The van der Waals surface area contributed by atoms with E-state index in [1.165, 1.54) is 192 Å². The fourth-order valence-corrected chi connectivity index (χ4v) is 15.8. The molecule has 2 amide bonds. The summed E-state index contributed by atoms with van der Waals surface area (Å²) in [5, 5.41) is 6.77. The van der Waals surface area contributed by atoms with Crippen LogP contribution in [0.3, 0.4) is 0 Å². The zero-order chi connectivity index (χ0) is 77.3. The largest absolute Gasteiger partial charge is 0.447 e. The summed E-state index contributed by atoms with van der Waals surface area (Å²) < 4.78 is 56.9. The van der Waals surface area contributed by atoms with Crippen LogP contribution in [-0.4, -0.2) is 98.2 Å². The van der Waals surface area contributed by atoms with Crippen molar-refractivity contribution in [3.8, 4) is 0 Å². The van der Waals surface area contributed by atoms with Gasteiger partial charge < -0.3 is 48.5 Å². The van der Waals surface area contributed by atoms with Crippen molar-refractivity contribution >= 4 is 12.0 Å². The quantitative estimate of drug-likeness (QED) is 0.0353. The van der Waals surface area contributed by atoms with Gasteiger partial charge in [0.15, 0.2) is 6.29 Å². The molecule has 0 aliphatic carbocycles. The van der Waals surface area contributed by atoms with Crippen molar-refractivity contribution in [1.82, 2.24) is 15.5 Å². The fourth-order valence-electron chi connectivity index (χ4n) is 15.8. The molecule has 8 rings (SSSR count). The zero-order valence-corrected chi connectivity index (χ0v) is 68.7. The molecule has 0 saturated carbocycles. The number of carbonyl (C=O) groups excluding carboxylic acids is 2. The van der Waals surface area contributed by atoms with E-state index in [1.54, 1.807) is 0 Å². The van der Waals surface area contributed by atoms with Crippen LogP contribution in [0, 0.1) is 0 Å². The number of alkyl carbamates (subject to hydrolysis) is 1. The lowest BCUT2D eigenvalue weighted by molar-refractivity contribution is -0.328. The second-order valence-electron chi connectivity index (χ2n) is 31.9. The molecule has 2 aliphatic rings. The molecule has 6 aromatic carbocycles. The Hall–Kier alpha value is -6.26. The molecule has 0 unspecified atom stereocenters. The van der Waals surface area contributed by atoms with Crippen molar-refractivity contribution in [1.29, 1.82) is 0 Å². The van der Waals surface area contributed by atoms with Gasteiger partial charge in [0.1, 0.15) is 37.1 Å². The number of carbonyl (C=O) groups is 2. The number of amides is 2. The first-order chi connectivity index (χ1) is 54.9. The minimum Gasteiger partial charge on any atom is -0.447 e. The van der Waals surface area contributed by atoms with E-state index in [1.807, 2.05) is 121 Å². The number of hydrogen-bond acceptors (Lipinski definition) is 11.